The molecule has 2 heterocycles. The number of carbonyl (C=O) groups is 1. The molecule has 0 spiro atoms. The number of rotatable bonds is 7. The quantitative estimate of drug-likeness (QED) is 0.802. The van der Waals surface area contributed by atoms with Crippen LogP contribution >= 0.6 is 11.3 Å². The van der Waals surface area contributed by atoms with Crippen molar-refractivity contribution in [3.63, 3.8) is 0 Å². The van der Waals surface area contributed by atoms with E-state index in [1.165, 1.54) is 11.3 Å². The molecule has 0 radical (unpaired) electrons. The molecule has 2 N–H and O–H groups in total. The molecular weight excluding hydrogens is 312 g/mol. The van der Waals surface area contributed by atoms with E-state index in [1.54, 1.807) is 42.0 Å². The molecule has 6 nitrogen and oxygen atoms in total. The molecule has 0 aliphatic rings. The third kappa shape index (κ3) is 4.62. The van der Waals surface area contributed by atoms with E-state index in [0.717, 1.165) is 5.56 Å². The average Bonchev–Trinajstić information content (AvgIpc) is 2.98. The Balaban J connectivity index is 2.04. The number of carboxylic acids is 1. The molecule has 0 aliphatic carbocycles. The maximum absolute atomic E-state index is 12.0. The Morgan fingerprint density at radius 1 is 1.33 bits per heavy atom. The fourth-order valence-corrected chi connectivity index (χ4v) is 3.78. The molecule has 0 saturated heterocycles. The van der Waals surface area contributed by atoms with Gasteiger partial charge in [0.25, 0.3) is 0 Å². The van der Waals surface area contributed by atoms with Crippen molar-refractivity contribution in [1.29, 1.82) is 0 Å². The van der Waals surface area contributed by atoms with Crippen LogP contribution in [0.5, 0.6) is 0 Å². The van der Waals surface area contributed by atoms with Gasteiger partial charge < -0.3 is 5.11 Å². The monoisotopic (exact) mass is 326 g/mol. The molecule has 8 heteroatoms. The highest BCUT2D eigenvalue weighted by atomic mass is 32.2. The Labute approximate surface area is 126 Å². The zero-order valence-electron chi connectivity index (χ0n) is 11.0. The van der Waals surface area contributed by atoms with Crippen LogP contribution in [-0.2, 0) is 21.2 Å². The molecule has 112 valence electrons. The SMILES string of the molecule is O=C(O)C(NS(=O)(=O)CCc1ccncc1)c1cccs1. The number of sulfonamides is 1. The molecule has 21 heavy (non-hydrogen) atoms. The summed E-state index contributed by atoms with van der Waals surface area (Å²) in [5.74, 6) is -1.39. The van der Waals surface area contributed by atoms with E-state index in [4.69, 9.17) is 5.11 Å². The highest BCUT2D eigenvalue weighted by Crippen LogP contribution is 2.20. The topological polar surface area (TPSA) is 96.4 Å². The summed E-state index contributed by atoms with van der Waals surface area (Å²) < 4.78 is 26.3. The number of hydrogen-bond acceptors (Lipinski definition) is 5. The first-order valence-corrected chi connectivity index (χ1v) is 8.66. The van der Waals surface area contributed by atoms with Crippen molar-refractivity contribution in [3.05, 3.63) is 52.5 Å². The Hall–Kier alpha value is -1.77. The number of thiophene rings is 1. The van der Waals surface area contributed by atoms with E-state index in [2.05, 4.69) is 9.71 Å². The Kier molecular flexibility index (Phi) is 5.05. The van der Waals surface area contributed by atoms with Crippen molar-refractivity contribution < 1.29 is 18.3 Å². The molecule has 0 bridgehead atoms. The second-order valence-electron chi connectivity index (χ2n) is 4.33. The summed E-state index contributed by atoms with van der Waals surface area (Å²) in [6.45, 7) is 0. The van der Waals surface area contributed by atoms with Gasteiger partial charge in [0, 0.05) is 17.3 Å². The lowest BCUT2D eigenvalue weighted by molar-refractivity contribution is -0.139. The van der Waals surface area contributed by atoms with Crippen LogP contribution in [0, 0.1) is 0 Å². The van der Waals surface area contributed by atoms with Crippen LogP contribution in [0.15, 0.2) is 42.0 Å². The summed E-state index contributed by atoms with van der Waals surface area (Å²) >= 11 is 1.20. The first-order valence-electron chi connectivity index (χ1n) is 6.13. The van der Waals surface area contributed by atoms with Gasteiger partial charge >= 0.3 is 5.97 Å². The third-order valence-electron chi connectivity index (χ3n) is 2.78. The number of hydrogen-bond donors (Lipinski definition) is 2. The smallest absolute Gasteiger partial charge is 0.327 e. The van der Waals surface area contributed by atoms with Crippen molar-refractivity contribution in [2.45, 2.75) is 12.5 Å². The van der Waals surface area contributed by atoms with Gasteiger partial charge in [-0.2, -0.15) is 4.72 Å². The van der Waals surface area contributed by atoms with Gasteiger partial charge in [-0.1, -0.05) is 6.07 Å². The summed E-state index contributed by atoms with van der Waals surface area (Å²) in [5.41, 5.74) is 0.832. The molecule has 0 amide bonds. The van der Waals surface area contributed by atoms with Crippen LogP contribution in [-0.4, -0.2) is 30.2 Å². The summed E-state index contributed by atoms with van der Waals surface area (Å²) in [6.07, 6.45) is 3.47. The number of nitrogens with one attached hydrogen (secondary N) is 1. The van der Waals surface area contributed by atoms with Gasteiger partial charge in [0.05, 0.1) is 5.75 Å². The Morgan fingerprint density at radius 3 is 2.62 bits per heavy atom. The Bertz CT molecular complexity index is 684. The van der Waals surface area contributed by atoms with E-state index in [-0.39, 0.29) is 5.75 Å². The molecule has 0 saturated carbocycles. The summed E-state index contributed by atoms with van der Waals surface area (Å²) in [4.78, 5) is 15.5. The van der Waals surface area contributed by atoms with Crippen molar-refractivity contribution in [1.82, 2.24) is 9.71 Å². The minimum atomic E-state index is -3.69. The predicted octanol–water partition coefficient (Wildman–Crippen LogP) is 1.43. The molecule has 2 aromatic heterocycles. The number of aliphatic carboxylic acids is 1. The van der Waals surface area contributed by atoms with Gasteiger partial charge in [-0.25, -0.2) is 8.42 Å². The fourth-order valence-electron chi connectivity index (χ4n) is 1.73. The molecular formula is C13H14N2O4S2. The van der Waals surface area contributed by atoms with Gasteiger partial charge in [-0.15, -0.1) is 11.3 Å². The molecule has 0 fully saturated rings. The second-order valence-corrected chi connectivity index (χ2v) is 7.18. The number of carboxylic acid groups (broad SMARTS) is 1. The lowest BCUT2D eigenvalue weighted by atomic mass is 10.2. The molecule has 2 aromatic rings. The maximum Gasteiger partial charge on any atom is 0.327 e. The first-order chi connectivity index (χ1) is 9.98. The highest BCUT2D eigenvalue weighted by Gasteiger charge is 2.26. The zero-order valence-corrected chi connectivity index (χ0v) is 12.6. The molecule has 0 aliphatic heterocycles. The van der Waals surface area contributed by atoms with Gasteiger partial charge in [0.1, 0.15) is 0 Å². The summed E-state index contributed by atoms with van der Waals surface area (Å²) in [7, 11) is -3.69. The maximum atomic E-state index is 12.0. The average molecular weight is 326 g/mol. The largest absolute Gasteiger partial charge is 0.480 e. The van der Waals surface area contributed by atoms with Crippen LogP contribution in [0.4, 0.5) is 0 Å². The van der Waals surface area contributed by atoms with E-state index in [0.29, 0.717) is 11.3 Å². The first kappa shape index (κ1) is 15.6. The van der Waals surface area contributed by atoms with Gasteiger partial charge in [-0.3, -0.25) is 9.78 Å². The fraction of sp³-hybridized carbons (Fsp3) is 0.231. The Morgan fingerprint density at radius 2 is 2.05 bits per heavy atom. The van der Waals surface area contributed by atoms with E-state index < -0.39 is 22.0 Å². The second kappa shape index (κ2) is 6.79. The van der Waals surface area contributed by atoms with Crippen LogP contribution in [0.25, 0.3) is 0 Å². The van der Waals surface area contributed by atoms with Crippen molar-refractivity contribution in [2.24, 2.45) is 0 Å². The van der Waals surface area contributed by atoms with Crippen LogP contribution < -0.4 is 4.72 Å². The number of nitrogens with zero attached hydrogens (tertiary/aromatic N) is 1. The van der Waals surface area contributed by atoms with Gasteiger partial charge in [0.2, 0.25) is 10.0 Å². The van der Waals surface area contributed by atoms with Crippen LogP contribution in [0.1, 0.15) is 16.5 Å². The number of pyridine rings is 1. The lowest BCUT2D eigenvalue weighted by Gasteiger charge is -2.13. The van der Waals surface area contributed by atoms with Crippen molar-refractivity contribution >= 4 is 27.3 Å². The lowest BCUT2D eigenvalue weighted by Crippen LogP contribution is -2.35. The standard InChI is InChI=1S/C13H14N2O4S2/c16-13(17)12(11-2-1-8-20-11)15-21(18,19)9-5-10-3-6-14-7-4-10/h1-4,6-8,12,15H,5,9H2,(H,16,17). The van der Waals surface area contributed by atoms with Gasteiger partial charge in [-0.05, 0) is 35.6 Å². The van der Waals surface area contributed by atoms with E-state index in [1.807, 2.05) is 0 Å². The van der Waals surface area contributed by atoms with Gasteiger partial charge in [0.15, 0.2) is 6.04 Å². The molecule has 0 aromatic carbocycles. The van der Waals surface area contributed by atoms with Crippen molar-refractivity contribution in [2.75, 3.05) is 5.75 Å². The predicted molar refractivity (Wildman–Crippen MR) is 79.6 cm³/mol. The normalized spacial score (nSPS) is 13.0. The molecule has 2 rings (SSSR count). The third-order valence-corrected chi connectivity index (χ3v) is 5.05. The summed E-state index contributed by atoms with van der Waals surface area (Å²) in [6, 6.07) is 5.48. The van der Waals surface area contributed by atoms with Crippen LogP contribution in [0.3, 0.4) is 0 Å². The minimum absolute atomic E-state index is 0.174. The van der Waals surface area contributed by atoms with Crippen LogP contribution in [0.2, 0.25) is 0 Å². The molecule has 1 unspecified atom stereocenters. The molecule has 1 atom stereocenters. The summed E-state index contributed by atoms with van der Waals surface area (Å²) in [5, 5.41) is 10.9. The number of aromatic nitrogens is 1. The minimum Gasteiger partial charge on any atom is -0.480 e. The zero-order chi connectivity index (χ0) is 15.3. The van der Waals surface area contributed by atoms with Crippen molar-refractivity contribution in [3.8, 4) is 0 Å². The van der Waals surface area contributed by atoms with E-state index >= 15 is 0 Å². The number of aryl methyl sites for hydroxylation is 1. The highest BCUT2D eigenvalue weighted by molar-refractivity contribution is 7.89. The van der Waals surface area contributed by atoms with E-state index in [9.17, 15) is 13.2 Å².